The molecule has 0 aliphatic carbocycles. The lowest BCUT2D eigenvalue weighted by Gasteiger charge is -2.31. The molecular weight excluding hydrogens is 174 g/mol. The van der Waals surface area contributed by atoms with Crippen LogP contribution >= 0.6 is 0 Å². The largest absolute Gasteiger partial charge is 0.309 e. The second kappa shape index (κ2) is 6.38. The molecule has 0 heterocycles. The molecule has 1 nitrogen and oxygen atoms in total. The quantitative estimate of drug-likeness (QED) is 0.594. The maximum atomic E-state index is 4.15. The van der Waals surface area contributed by atoms with Gasteiger partial charge >= 0.3 is 0 Å². The molecule has 78 valence electrons. The van der Waals surface area contributed by atoms with E-state index in [0.717, 1.165) is 5.67 Å². The maximum absolute atomic E-state index is 4.15. The summed E-state index contributed by atoms with van der Waals surface area (Å²) >= 11 is 0. The topological polar surface area (TPSA) is 3.24 Å². The molecule has 2 heteroatoms. The van der Waals surface area contributed by atoms with Crippen molar-refractivity contribution in [1.82, 2.24) is 4.90 Å². The Balaban J connectivity index is 4.38. The zero-order chi connectivity index (χ0) is 10.4. The van der Waals surface area contributed by atoms with Crippen molar-refractivity contribution in [3.8, 4) is 0 Å². The standard InChI is InChI=1S/C11H25NSi/c1-7-9-11(12(5)6)13(8-2)10(3)4/h11,13H,3,7-9H2,1-2,4-6H3. The van der Waals surface area contributed by atoms with Crippen molar-refractivity contribution < 1.29 is 0 Å². The third-order valence-corrected chi connectivity index (χ3v) is 6.79. The first-order chi connectivity index (χ1) is 6.04. The Bertz CT molecular complexity index is 154. The van der Waals surface area contributed by atoms with Crippen LogP contribution in [0.3, 0.4) is 0 Å². The van der Waals surface area contributed by atoms with Crippen LogP contribution in [0.5, 0.6) is 0 Å². The van der Waals surface area contributed by atoms with E-state index in [4.69, 9.17) is 0 Å². The number of rotatable bonds is 6. The van der Waals surface area contributed by atoms with Crippen molar-refractivity contribution in [2.24, 2.45) is 0 Å². The highest BCUT2D eigenvalue weighted by Crippen LogP contribution is 2.15. The highest BCUT2D eigenvalue weighted by atomic mass is 28.3. The van der Waals surface area contributed by atoms with Gasteiger partial charge in [0.15, 0.2) is 0 Å². The van der Waals surface area contributed by atoms with Gasteiger partial charge in [0, 0.05) is 5.67 Å². The van der Waals surface area contributed by atoms with E-state index in [0.29, 0.717) is 0 Å². The Hall–Kier alpha value is -0.0831. The lowest BCUT2D eigenvalue weighted by atomic mass is 10.3. The zero-order valence-electron chi connectivity index (χ0n) is 9.93. The molecule has 0 radical (unpaired) electrons. The van der Waals surface area contributed by atoms with Crippen LogP contribution < -0.4 is 0 Å². The number of allylic oxidation sites excluding steroid dienone is 1. The minimum atomic E-state index is -0.745. The average molecular weight is 199 g/mol. The summed E-state index contributed by atoms with van der Waals surface area (Å²) in [5.74, 6) is 0. The second-order valence-electron chi connectivity index (χ2n) is 4.18. The van der Waals surface area contributed by atoms with E-state index in [9.17, 15) is 0 Å². The smallest absolute Gasteiger partial charge is 0.0830 e. The van der Waals surface area contributed by atoms with Crippen LogP contribution in [0.15, 0.2) is 11.8 Å². The van der Waals surface area contributed by atoms with Crippen LogP contribution in [0, 0.1) is 0 Å². The molecule has 13 heavy (non-hydrogen) atoms. The van der Waals surface area contributed by atoms with E-state index in [-0.39, 0.29) is 0 Å². The predicted molar refractivity (Wildman–Crippen MR) is 64.8 cm³/mol. The van der Waals surface area contributed by atoms with Gasteiger partial charge in [0.2, 0.25) is 0 Å². The highest BCUT2D eigenvalue weighted by molar-refractivity contribution is 6.67. The van der Waals surface area contributed by atoms with E-state index < -0.39 is 8.80 Å². The van der Waals surface area contributed by atoms with Gasteiger partial charge in [-0.1, -0.05) is 31.5 Å². The number of hydrogen-bond donors (Lipinski definition) is 0. The first-order valence-corrected chi connectivity index (χ1v) is 7.42. The normalized spacial score (nSPS) is 15.8. The zero-order valence-corrected chi connectivity index (χ0v) is 11.1. The molecule has 0 saturated heterocycles. The van der Waals surface area contributed by atoms with Crippen molar-refractivity contribution in [2.75, 3.05) is 14.1 Å². The Kier molecular flexibility index (Phi) is 6.34. The number of nitrogens with zero attached hydrogens (tertiary/aromatic N) is 1. The Morgan fingerprint density at radius 2 is 1.92 bits per heavy atom. The molecule has 0 aromatic carbocycles. The van der Waals surface area contributed by atoms with Crippen LogP contribution in [-0.4, -0.2) is 33.5 Å². The van der Waals surface area contributed by atoms with Gasteiger partial charge in [-0.05, 0) is 27.4 Å². The molecule has 0 fully saturated rings. The Labute approximate surface area is 85.4 Å². The lowest BCUT2D eigenvalue weighted by molar-refractivity contribution is 0.350. The van der Waals surface area contributed by atoms with Crippen LogP contribution in [0.25, 0.3) is 0 Å². The summed E-state index contributed by atoms with van der Waals surface area (Å²) in [5.41, 5.74) is 0.812. The van der Waals surface area contributed by atoms with Crippen LogP contribution in [-0.2, 0) is 0 Å². The summed E-state index contributed by atoms with van der Waals surface area (Å²) in [6.07, 6.45) is 2.63. The summed E-state index contributed by atoms with van der Waals surface area (Å²) in [4.78, 5) is 2.40. The predicted octanol–water partition coefficient (Wildman–Crippen LogP) is 2.62. The second-order valence-corrected chi connectivity index (χ2v) is 7.97. The van der Waals surface area contributed by atoms with Gasteiger partial charge in [-0.15, -0.1) is 6.58 Å². The fourth-order valence-corrected chi connectivity index (χ4v) is 5.42. The monoisotopic (exact) mass is 199 g/mol. The van der Waals surface area contributed by atoms with Gasteiger partial charge in [0.1, 0.15) is 0 Å². The molecule has 0 aliphatic rings. The minimum Gasteiger partial charge on any atom is -0.309 e. The fourth-order valence-electron chi connectivity index (χ4n) is 2.06. The summed E-state index contributed by atoms with van der Waals surface area (Å²) in [6, 6.07) is 1.35. The van der Waals surface area contributed by atoms with Gasteiger partial charge < -0.3 is 4.90 Å². The van der Waals surface area contributed by atoms with Gasteiger partial charge in [-0.2, -0.15) is 0 Å². The van der Waals surface area contributed by atoms with Crippen LogP contribution in [0.2, 0.25) is 6.04 Å². The van der Waals surface area contributed by atoms with Crippen molar-refractivity contribution in [2.45, 2.75) is 45.3 Å². The molecule has 0 N–H and O–H groups in total. The highest BCUT2D eigenvalue weighted by Gasteiger charge is 2.22. The molecule has 0 amide bonds. The lowest BCUT2D eigenvalue weighted by Crippen LogP contribution is -2.42. The molecule has 0 aromatic rings. The maximum Gasteiger partial charge on any atom is 0.0830 e. The molecular formula is C11H25NSi. The Morgan fingerprint density at radius 1 is 1.38 bits per heavy atom. The summed E-state index contributed by atoms with van der Waals surface area (Å²) in [7, 11) is 3.67. The third-order valence-electron chi connectivity index (χ3n) is 2.79. The summed E-state index contributed by atoms with van der Waals surface area (Å²) < 4.78 is 0. The van der Waals surface area contributed by atoms with E-state index in [1.165, 1.54) is 24.1 Å². The van der Waals surface area contributed by atoms with Gasteiger partial charge in [0.05, 0.1) is 8.80 Å². The third kappa shape index (κ3) is 4.10. The molecule has 0 aliphatic heterocycles. The molecule has 0 spiro atoms. The molecule has 0 bridgehead atoms. The van der Waals surface area contributed by atoms with Crippen molar-refractivity contribution in [3.05, 3.63) is 11.8 Å². The van der Waals surface area contributed by atoms with E-state index in [1.807, 2.05) is 0 Å². The fraction of sp³-hybridized carbons (Fsp3) is 0.818. The molecule has 0 saturated carbocycles. The minimum absolute atomic E-state index is 0.745. The van der Waals surface area contributed by atoms with Gasteiger partial charge in [-0.25, -0.2) is 0 Å². The molecule has 2 unspecified atom stereocenters. The van der Waals surface area contributed by atoms with Crippen molar-refractivity contribution in [1.29, 1.82) is 0 Å². The van der Waals surface area contributed by atoms with Crippen molar-refractivity contribution >= 4 is 8.80 Å². The van der Waals surface area contributed by atoms with E-state index in [2.05, 4.69) is 46.3 Å². The first-order valence-electron chi connectivity index (χ1n) is 5.36. The van der Waals surface area contributed by atoms with E-state index in [1.54, 1.807) is 0 Å². The molecule has 0 rings (SSSR count). The van der Waals surface area contributed by atoms with Crippen LogP contribution in [0.4, 0.5) is 0 Å². The van der Waals surface area contributed by atoms with Crippen LogP contribution in [0.1, 0.15) is 33.6 Å². The Morgan fingerprint density at radius 3 is 2.15 bits per heavy atom. The summed E-state index contributed by atoms with van der Waals surface area (Å²) in [6.45, 7) is 11.0. The SMILES string of the molecule is C=C(C)[SiH](CC)C(CCC)N(C)C. The molecule has 2 atom stereocenters. The average Bonchev–Trinajstić information content (AvgIpc) is 2.03. The van der Waals surface area contributed by atoms with Crippen molar-refractivity contribution in [3.63, 3.8) is 0 Å². The number of hydrogen-bond acceptors (Lipinski definition) is 1. The molecule has 0 aromatic heterocycles. The summed E-state index contributed by atoms with van der Waals surface area (Å²) in [5, 5.41) is 1.47. The van der Waals surface area contributed by atoms with E-state index >= 15 is 0 Å². The van der Waals surface area contributed by atoms with Gasteiger partial charge in [0.25, 0.3) is 0 Å². The van der Waals surface area contributed by atoms with Gasteiger partial charge in [-0.3, -0.25) is 0 Å². The first kappa shape index (κ1) is 12.9.